The molecule has 0 saturated carbocycles. The van der Waals surface area contributed by atoms with Crippen LogP contribution in [-0.2, 0) is 4.79 Å². The first-order valence-electron chi connectivity index (χ1n) is 11.5. The van der Waals surface area contributed by atoms with Crippen molar-refractivity contribution >= 4 is 33.8 Å². The third-order valence-corrected chi connectivity index (χ3v) is 5.80. The quantitative estimate of drug-likeness (QED) is 0.293. The van der Waals surface area contributed by atoms with E-state index in [-0.39, 0.29) is 5.91 Å². The molecule has 0 spiro atoms. The molecule has 0 unspecified atom stereocenters. The summed E-state index contributed by atoms with van der Waals surface area (Å²) >= 11 is 0. The fraction of sp³-hybridized carbons (Fsp3) is 0.207. The molecule has 180 valence electrons. The molecular weight excluding hydrogens is 440 g/mol. The van der Waals surface area contributed by atoms with Crippen LogP contribution in [0.3, 0.4) is 0 Å². The van der Waals surface area contributed by atoms with Gasteiger partial charge in [0, 0.05) is 54.1 Å². The Bertz CT molecular complexity index is 1350. The summed E-state index contributed by atoms with van der Waals surface area (Å²) in [7, 11) is 5.60. The summed E-state index contributed by atoms with van der Waals surface area (Å²) in [5.41, 5.74) is 6.14. The minimum absolute atomic E-state index is 0.204. The molecule has 6 nitrogen and oxygen atoms in total. The van der Waals surface area contributed by atoms with Crippen molar-refractivity contribution in [2.75, 3.05) is 38.0 Å². The fourth-order valence-electron chi connectivity index (χ4n) is 3.93. The molecule has 1 N–H and O–H groups in total. The number of hydrogen-bond acceptors (Lipinski definition) is 5. The van der Waals surface area contributed by atoms with E-state index in [4.69, 9.17) is 13.9 Å². The van der Waals surface area contributed by atoms with Crippen molar-refractivity contribution in [1.29, 1.82) is 0 Å². The van der Waals surface area contributed by atoms with Crippen LogP contribution in [-0.4, -0.2) is 33.7 Å². The molecule has 6 heteroatoms. The number of furan rings is 1. The Balaban J connectivity index is 1.66. The number of fused-ring (bicyclic) bond motifs is 1. The third kappa shape index (κ3) is 5.32. The smallest absolute Gasteiger partial charge is 0.248 e. The predicted octanol–water partition coefficient (Wildman–Crippen LogP) is 6.62. The predicted molar refractivity (Wildman–Crippen MR) is 142 cm³/mol. The summed E-state index contributed by atoms with van der Waals surface area (Å²) in [4.78, 5) is 14.8. The standard InChI is InChI=1S/C29H30N2O4/c1-6-34-27-17-28-25(26(18-35-28)20-7-13-23(33-5)14-8-20)16-24(27)19(2)15-29(32)30-21-9-11-22(12-10-21)31(3)4/h7-18H,6H2,1-5H3,(H,30,32)/b19-15+. The van der Waals surface area contributed by atoms with Crippen molar-refractivity contribution < 1.29 is 18.7 Å². The molecule has 4 rings (SSSR count). The molecule has 1 heterocycles. The number of benzene rings is 3. The lowest BCUT2D eigenvalue weighted by molar-refractivity contribution is -0.111. The van der Waals surface area contributed by atoms with Crippen LogP contribution in [0.15, 0.2) is 77.4 Å². The maximum atomic E-state index is 12.8. The Hall–Kier alpha value is -4.19. The van der Waals surface area contributed by atoms with Crippen molar-refractivity contribution in [2.45, 2.75) is 13.8 Å². The molecule has 35 heavy (non-hydrogen) atoms. The second-order valence-electron chi connectivity index (χ2n) is 8.41. The van der Waals surface area contributed by atoms with Crippen molar-refractivity contribution in [3.63, 3.8) is 0 Å². The van der Waals surface area contributed by atoms with Crippen LogP contribution in [0.5, 0.6) is 11.5 Å². The molecule has 1 aromatic heterocycles. The van der Waals surface area contributed by atoms with E-state index in [2.05, 4.69) is 5.32 Å². The highest BCUT2D eigenvalue weighted by atomic mass is 16.5. The largest absolute Gasteiger partial charge is 0.497 e. The van der Waals surface area contributed by atoms with E-state index >= 15 is 0 Å². The Kier molecular flexibility index (Phi) is 7.11. The molecule has 1 amide bonds. The van der Waals surface area contributed by atoms with Crippen LogP contribution in [0.4, 0.5) is 11.4 Å². The lowest BCUT2D eigenvalue weighted by Crippen LogP contribution is -2.10. The first-order valence-corrected chi connectivity index (χ1v) is 11.5. The number of carbonyl (C=O) groups is 1. The normalized spacial score (nSPS) is 11.4. The minimum Gasteiger partial charge on any atom is -0.497 e. The highest BCUT2D eigenvalue weighted by Crippen LogP contribution is 2.38. The first-order chi connectivity index (χ1) is 16.9. The van der Waals surface area contributed by atoms with E-state index in [1.807, 2.05) is 93.5 Å². The molecule has 0 saturated heterocycles. The van der Waals surface area contributed by atoms with Crippen molar-refractivity contribution in [3.05, 3.63) is 78.6 Å². The molecular formula is C29H30N2O4. The van der Waals surface area contributed by atoms with Gasteiger partial charge in [-0.05, 0) is 67.4 Å². The third-order valence-electron chi connectivity index (χ3n) is 5.80. The number of amides is 1. The molecule has 4 aromatic rings. The molecule has 0 atom stereocenters. The van der Waals surface area contributed by atoms with Gasteiger partial charge in [-0.25, -0.2) is 0 Å². The fourth-order valence-corrected chi connectivity index (χ4v) is 3.93. The number of hydrogen-bond donors (Lipinski definition) is 1. The van der Waals surface area contributed by atoms with Gasteiger partial charge in [0.05, 0.1) is 20.0 Å². The van der Waals surface area contributed by atoms with E-state index < -0.39 is 0 Å². The lowest BCUT2D eigenvalue weighted by Gasteiger charge is -2.13. The summed E-state index contributed by atoms with van der Waals surface area (Å²) < 4.78 is 17.0. The van der Waals surface area contributed by atoms with Gasteiger partial charge >= 0.3 is 0 Å². The SMILES string of the molecule is CCOc1cc2occ(-c3ccc(OC)cc3)c2cc1/C(C)=C/C(=O)Nc1ccc(N(C)C)cc1. The summed E-state index contributed by atoms with van der Waals surface area (Å²) in [6.07, 6.45) is 3.34. The molecule has 0 aliphatic carbocycles. The van der Waals surface area contributed by atoms with E-state index in [9.17, 15) is 4.79 Å². The van der Waals surface area contributed by atoms with Gasteiger partial charge in [0.1, 0.15) is 17.1 Å². The molecule has 3 aromatic carbocycles. The van der Waals surface area contributed by atoms with Crippen LogP contribution < -0.4 is 19.7 Å². The van der Waals surface area contributed by atoms with Gasteiger partial charge in [0.15, 0.2) is 0 Å². The number of allylic oxidation sites excluding steroid dienone is 1. The van der Waals surface area contributed by atoms with Crippen molar-refractivity contribution in [3.8, 4) is 22.6 Å². The maximum absolute atomic E-state index is 12.8. The van der Waals surface area contributed by atoms with Crippen molar-refractivity contribution in [2.24, 2.45) is 0 Å². The second-order valence-corrected chi connectivity index (χ2v) is 8.41. The Morgan fingerprint density at radius 3 is 2.40 bits per heavy atom. The van der Waals surface area contributed by atoms with Crippen molar-refractivity contribution in [1.82, 2.24) is 0 Å². The number of anilines is 2. The lowest BCUT2D eigenvalue weighted by atomic mass is 9.99. The summed E-state index contributed by atoms with van der Waals surface area (Å²) in [6, 6.07) is 19.5. The van der Waals surface area contributed by atoms with Gasteiger partial charge in [0.25, 0.3) is 0 Å². The van der Waals surface area contributed by atoms with Crippen LogP contribution in [0, 0.1) is 0 Å². The van der Waals surface area contributed by atoms with E-state index in [0.717, 1.165) is 50.4 Å². The molecule has 0 radical (unpaired) electrons. The van der Waals surface area contributed by atoms with E-state index in [1.165, 1.54) is 0 Å². The van der Waals surface area contributed by atoms with Gasteiger partial charge in [-0.15, -0.1) is 0 Å². The molecule has 0 fully saturated rings. The summed E-state index contributed by atoms with van der Waals surface area (Å²) in [5, 5.41) is 3.88. The highest BCUT2D eigenvalue weighted by molar-refractivity contribution is 6.05. The highest BCUT2D eigenvalue weighted by Gasteiger charge is 2.15. The zero-order valence-corrected chi connectivity index (χ0v) is 20.7. The van der Waals surface area contributed by atoms with Gasteiger partial charge < -0.3 is 24.1 Å². The Morgan fingerprint density at radius 1 is 1.06 bits per heavy atom. The zero-order valence-electron chi connectivity index (χ0n) is 20.7. The minimum atomic E-state index is -0.204. The van der Waals surface area contributed by atoms with Crippen LogP contribution in [0.1, 0.15) is 19.4 Å². The van der Waals surface area contributed by atoms with E-state index in [1.54, 1.807) is 19.4 Å². The zero-order chi connectivity index (χ0) is 24.9. The van der Waals surface area contributed by atoms with Crippen LogP contribution >= 0.6 is 0 Å². The number of ether oxygens (including phenoxy) is 2. The Morgan fingerprint density at radius 2 is 1.77 bits per heavy atom. The number of nitrogens with zero attached hydrogens (tertiary/aromatic N) is 1. The van der Waals surface area contributed by atoms with Gasteiger partial charge in [0.2, 0.25) is 5.91 Å². The molecule has 0 aliphatic rings. The van der Waals surface area contributed by atoms with Crippen LogP contribution in [0.2, 0.25) is 0 Å². The number of nitrogens with one attached hydrogen (secondary N) is 1. The monoisotopic (exact) mass is 470 g/mol. The Labute approximate surface area is 205 Å². The topological polar surface area (TPSA) is 63.9 Å². The summed E-state index contributed by atoms with van der Waals surface area (Å²) in [6.45, 7) is 4.34. The van der Waals surface area contributed by atoms with E-state index in [0.29, 0.717) is 12.4 Å². The number of rotatable bonds is 8. The molecule has 0 aliphatic heterocycles. The molecule has 0 bridgehead atoms. The first kappa shape index (κ1) is 24.0. The number of carbonyl (C=O) groups excluding carboxylic acids is 1. The maximum Gasteiger partial charge on any atom is 0.248 e. The average molecular weight is 471 g/mol. The second kappa shape index (κ2) is 10.4. The van der Waals surface area contributed by atoms with Crippen LogP contribution in [0.25, 0.3) is 27.7 Å². The number of methoxy groups -OCH3 is 1. The van der Waals surface area contributed by atoms with Gasteiger partial charge in [-0.1, -0.05) is 12.1 Å². The van der Waals surface area contributed by atoms with Gasteiger partial charge in [-0.3, -0.25) is 4.79 Å². The van der Waals surface area contributed by atoms with Gasteiger partial charge in [-0.2, -0.15) is 0 Å². The average Bonchev–Trinajstić information content (AvgIpc) is 3.27. The summed E-state index contributed by atoms with van der Waals surface area (Å²) in [5.74, 6) is 1.26.